The molecule has 0 aliphatic rings. The van der Waals surface area contributed by atoms with E-state index in [2.05, 4.69) is 18.8 Å². The lowest BCUT2D eigenvalue weighted by Crippen LogP contribution is -1.86. The lowest BCUT2D eigenvalue weighted by molar-refractivity contribution is 0.842. The predicted molar refractivity (Wildman–Crippen MR) is 38.4 cm³/mol. The maximum Gasteiger partial charge on any atom is 0.0443 e. The summed E-state index contributed by atoms with van der Waals surface area (Å²) in [4.78, 5) is 4.10. The molecular formula is C7H13N. The first-order valence-corrected chi connectivity index (χ1v) is 2.92. The van der Waals surface area contributed by atoms with Crippen LogP contribution >= 0.6 is 0 Å². The van der Waals surface area contributed by atoms with E-state index in [0.29, 0.717) is 6.04 Å². The minimum atomic E-state index is 0.422. The summed E-state index contributed by atoms with van der Waals surface area (Å²) in [5.74, 6) is 0. The summed E-state index contributed by atoms with van der Waals surface area (Å²) in [7, 11) is 0. The summed E-state index contributed by atoms with van der Waals surface area (Å²) < 4.78 is 0. The van der Waals surface area contributed by atoms with Crippen LogP contribution in [0.15, 0.2) is 17.1 Å². The van der Waals surface area contributed by atoms with E-state index < -0.39 is 0 Å². The summed E-state index contributed by atoms with van der Waals surface area (Å²) in [5.41, 5.74) is 0. The van der Waals surface area contributed by atoms with Crippen LogP contribution in [0.5, 0.6) is 0 Å². The highest BCUT2D eigenvalue weighted by Crippen LogP contribution is 1.81. The maximum absolute atomic E-state index is 4.10. The zero-order valence-corrected chi connectivity index (χ0v) is 5.76. The minimum absolute atomic E-state index is 0.422. The van der Waals surface area contributed by atoms with Gasteiger partial charge in [0, 0.05) is 12.3 Å². The quantitative estimate of drug-likeness (QED) is 0.483. The molecule has 0 bridgehead atoms. The van der Waals surface area contributed by atoms with Crippen LogP contribution in [0.3, 0.4) is 0 Å². The van der Waals surface area contributed by atoms with E-state index in [4.69, 9.17) is 0 Å². The SMILES string of the molecule is C/C=C/C=N\C(C)C. The van der Waals surface area contributed by atoms with Gasteiger partial charge >= 0.3 is 0 Å². The van der Waals surface area contributed by atoms with Crippen LogP contribution in [0, 0.1) is 0 Å². The molecule has 0 heterocycles. The molecule has 0 aromatic carbocycles. The van der Waals surface area contributed by atoms with Crippen molar-refractivity contribution in [1.82, 2.24) is 0 Å². The van der Waals surface area contributed by atoms with Crippen LogP contribution in [0.4, 0.5) is 0 Å². The highest BCUT2D eigenvalue weighted by atomic mass is 14.7. The molecule has 1 nitrogen and oxygen atoms in total. The van der Waals surface area contributed by atoms with Crippen LogP contribution in [-0.4, -0.2) is 12.3 Å². The van der Waals surface area contributed by atoms with Crippen LogP contribution in [0.1, 0.15) is 20.8 Å². The number of hydrogen-bond acceptors (Lipinski definition) is 1. The number of allylic oxidation sites excluding steroid dienone is 2. The molecule has 46 valence electrons. The summed E-state index contributed by atoms with van der Waals surface area (Å²) >= 11 is 0. The Morgan fingerprint density at radius 3 is 2.38 bits per heavy atom. The molecule has 0 unspecified atom stereocenters. The fourth-order valence-corrected chi connectivity index (χ4v) is 0.308. The summed E-state index contributed by atoms with van der Waals surface area (Å²) in [6, 6.07) is 0.422. The lowest BCUT2D eigenvalue weighted by Gasteiger charge is -1.88. The van der Waals surface area contributed by atoms with Crippen molar-refractivity contribution in [3.05, 3.63) is 12.2 Å². The zero-order chi connectivity index (χ0) is 6.41. The Morgan fingerprint density at radius 1 is 1.38 bits per heavy atom. The third kappa shape index (κ3) is 5.41. The van der Waals surface area contributed by atoms with E-state index >= 15 is 0 Å². The Hall–Kier alpha value is -0.590. The smallest absolute Gasteiger partial charge is 0.0443 e. The lowest BCUT2D eigenvalue weighted by atomic mass is 10.4. The van der Waals surface area contributed by atoms with Gasteiger partial charge in [-0.25, -0.2) is 0 Å². The van der Waals surface area contributed by atoms with Gasteiger partial charge in [0.05, 0.1) is 0 Å². The van der Waals surface area contributed by atoms with Gasteiger partial charge in [0.15, 0.2) is 0 Å². The number of aliphatic imine (C=N–C) groups is 1. The van der Waals surface area contributed by atoms with Crippen molar-refractivity contribution in [1.29, 1.82) is 0 Å². The van der Waals surface area contributed by atoms with Gasteiger partial charge in [-0.1, -0.05) is 6.08 Å². The standard InChI is InChI=1S/C7H13N/c1-4-5-6-8-7(2)3/h4-7H,1-3H3/b5-4+,8-6-. The van der Waals surface area contributed by atoms with Gasteiger partial charge in [0.2, 0.25) is 0 Å². The molecule has 0 rings (SSSR count). The van der Waals surface area contributed by atoms with Crippen molar-refractivity contribution in [3.63, 3.8) is 0 Å². The summed E-state index contributed by atoms with van der Waals surface area (Å²) in [6.45, 7) is 6.09. The molecule has 0 amide bonds. The maximum atomic E-state index is 4.10. The zero-order valence-electron chi connectivity index (χ0n) is 5.76. The fraction of sp³-hybridized carbons (Fsp3) is 0.571. The minimum Gasteiger partial charge on any atom is -0.290 e. The molecular weight excluding hydrogens is 98.1 g/mol. The molecule has 0 N–H and O–H groups in total. The molecule has 0 saturated heterocycles. The third-order valence-electron chi connectivity index (χ3n) is 0.663. The van der Waals surface area contributed by atoms with Crippen molar-refractivity contribution in [3.8, 4) is 0 Å². The van der Waals surface area contributed by atoms with E-state index in [1.54, 1.807) is 0 Å². The van der Waals surface area contributed by atoms with E-state index in [1.807, 2.05) is 25.3 Å². The van der Waals surface area contributed by atoms with Crippen LogP contribution < -0.4 is 0 Å². The van der Waals surface area contributed by atoms with Crippen molar-refractivity contribution >= 4 is 6.21 Å². The normalized spacial score (nSPS) is 12.5. The van der Waals surface area contributed by atoms with Crippen molar-refractivity contribution < 1.29 is 0 Å². The largest absolute Gasteiger partial charge is 0.290 e. The van der Waals surface area contributed by atoms with Gasteiger partial charge < -0.3 is 0 Å². The average molecular weight is 111 g/mol. The molecule has 0 atom stereocenters. The third-order valence-corrected chi connectivity index (χ3v) is 0.663. The average Bonchev–Trinajstić information content (AvgIpc) is 1.66. The molecule has 0 aromatic heterocycles. The Bertz CT molecular complexity index is 90.6. The van der Waals surface area contributed by atoms with Crippen molar-refractivity contribution in [2.24, 2.45) is 4.99 Å². The molecule has 0 fully saturated rings. The van der Waals surface area contributed by atoms with Crippen LogP contribution in [0.2, 0.25) is 0 Å². The summed E-state index contributed by atoms with van der Waals surface area (Å²) in [5, 5.41) is 0. The topological polar surface area (TPSA) is 12.4 Å². The Kier molecular flexibility index (Phi) is 4.23. The summed E-state index contributed by atoms with van der Waals surface area (Å²) in [6.07, 6.45) is 5.72. The molecule has 0 saturated carbocycles. The Labute approximate surface area is 51.1 Å². The van der Waals surface area contributed by atoms with Gasteiger partial charge in [-0.15, -0.1) is 0 Å². The fourth-order valence-electron chi connectivity index (χ4n) is 0.308. The van der Waals surface area contributed by atoms with Gasteiger partial charge in [-0.2, -0.15) is 0 Å². The molecule has 0 radical (unpaired) electrons. The molecule has 0 aliphatic heterocycles. The molecule has 0 spiro atoms. The highest BCUT2D eigenvalue weighted by Gasteiger charge is 1.78. The Morgan fingerprint density at radius 2 is 2.00 bits per heavy atom. The van der Waals surface area contributed by atoms with Gasteiger partial charge in [-0.3, -0.25) is 4.99 Å². The second kappa shape index (κ2) is 4.57. The second-order valence-electron chi connectivity index (χ2n) is 1.92. The molecule has 8 heavy (non-hydrogen) atoms. The van der Waals surface area contributed by atoms with E-state index in [1.165, 1.54) is 0 Å². The highest BCUT2D eigenvalue weighted by molar-refractivity contribution is 5.70. The first-order valence-electron chi connectivity index (χ1n) is 2.92. The first-order chi connectivity index (χ1) is 3.77. The first kappa shape index (κ1) is 7.41. The number of nitrogens with zero attached hydrogens (tertiary/aromatic N) is 1. The predicted octanol–water partition coefficient (Wildman–Crippen LogP) is 2.04. The monoisotopic (exact) mass is 111 g/mol. The number of hydrogen-bond donors (Lipinski definition) is 0. The number of rotatable bonds is 2. The van der Waals surface area contributed by atoms with Gasteiger partial charge in [0.25, 0.3) is 0 Å². The van der Waals surface area contributed by atoms with Crippen LogP contribution in [0.25, 0.3) is 0 Å². The van der Waals surface area contributed by atoms with E-state index in [0.717, 1.165) is 0 Å². The van der Waals surface area contributed by atoms with Crippen molar-refractivity contribution in [2.75, 3.05) is 0 Å². The second-order valence-corrected chi connectivity index (χ2v) is 1.92. The van der Waals surface area contributed by atoms with Crippen molar-refractivity contribution in [2.45, 2.75) is 26.8 Å². The van der Waals surface area contributed by atoms with E-state index in [-0.39, 0.29) is 0 Å². The van der Waals surface area contributed by atoms with Crippen LogP contribution in [-0.2, 0) is 0 Å². The van der Waals surface area contributed by atoms with E-state index in [9.17, 15) is 0 Å². The molecule has 0 aliphatic carbocycles. The Balaban J connectivity index is 3.34. The van der Waals surface area contributed by atoms with Gasteiger partial charge in [-0.05, 0) is 26.8 Å². The molecule has 1 heteroatoms. The van der Waals surface area contributed by atoms with Gasteiger partial charge in [0.1, 0.15) is 0 Å². The molecule has 0 aromatic rings.